The molecule has 0 unspecified atom stereocenters. The summed E-state index contributed by atoms with van der Waals surface area (Å²) >= 11 is 0. The predicted octanol–water partition coefficient (Wildman–Crippen LogP) is 12.7. The number of unbranched alkanes of at least 4 members (excludes halogenated alkanes) is 32. The van der Waals surface area contributed by atoms with Crippen molar-refractivity contribution in [3.63, 3.8) is 0 Å². The number of hydroxylamine groups is 1. The largest absolute Gasteiger partial charge is 0.270 e. The van der Waals surface area contributed by atoms with Gasteiger partial charge in [0.15, 0.2) is 0 Å². The molecule has 0 aliphatic rings. The van der Waals surface area contributed by atoms with Crippen molar-refractivity contribution in [3.8, 4) is 0 Å². The van der Waals surface area contributed by atoms with Crippen molar-refractivity contribution in [2.45, 2.75) is 225 Å². The molecular formula is C37H72N2O3. The van der Waals surface area contributed by atoms with Crippen LogP contribution in [0.2, 0.25) is 0 Å². The van der Waals surface area contributed by atoms with Crippen molar-refractivity contribution in [1.29, 1.82) is 0 Å². The summed E-state index contributed by atoms with van der Waals surface area (Å²) in [5.74, 6) is -0.543. The lowest BCUT2D eigenvalue weighted by molar-refractivity contribution is -0.165. The van der Waals surface area contributed by atoms with Crippen molar-refractivity contribution < 1.29 is 14.8 Å². The van der Waals surface area contributed by atoms with Crippen molar-refractivity contribution in [3.05, 3.63) is 0 Å². The zero-order valence-corrected chi connectivity index (χ0v) is 28.2. The van der Waals surface area contributed by atoms with Crippen LogP contribution in [0.1, 0.15) is 225 Å². The Morgan fingerprint density at radius 2 is 0.667 bits per heavy atom. The van der Waals surface area contributed by atoms with Crippen LogP contribution >= 0.6 is 0 Å². The second-order valence-electron chi connectivity index (χ2n) is 12.9. The topological polar surface area (TPSA) is 70.0 Å². The van der Waals surface area contributed by atoms with Gasteiger partial charge >= 0.3 is 0 Å². The normalized spacial score (nSPS) is 11.1. The molecule has 248 valence electrons. The van der Waals surface area contributed by atoms with E-state index >= 15 is 0 Å². The minimum absolute atomic E-state index is 0.0935. The summed E-state index contributed by atoms with van der Waals surface area (Å²) < 4.78 is 0. The molecule has 0 heterocycles. The van der Waals surface area contributed by atoms with E-state index in [2.05, 4.69) is 12.0 Å². The van der Waals surface area contributed by atoms with Gasteiger partial charge in [0.1, 0.15) is 0 Å². The van der Waals surface area contributed by atoms with Crippen molar-refractivity contribution in [2.75, 3.05) is 0 Å². The molecule has 1 amide bonds. The SMILES string of the molecule is CCCCCCCCCCCCCCCCCCCCCCCCCCCCCCCCCCCC(=O)N(O)N=C=O. The lowest BCUT2D eigenvalue weighted by Gasteiger charge is -2.06. The highest BCUT2D eigenvalue weighted by molar-refractivity contribution is 5.74. The molecule has 0 rings (SSSR count). The minimum Gasteiger partial charge on any atom is -0.270 e. The molecule has 0 spiro atoms. The highest BCUT2D eigenvalue weighted by atomic mass is 16.5. The lowest BCUT2D eigenvalue weighted by Crippen LogP contribution is -2.20. The first-order valence-corrected chi connectivity index (χ1v) is 18.8. The van der Waals surface area contributed by atoms with E-state index in [1.54, 1.807) is 0 Å². The Morgan fingerprint density at radius 3 is 0.881 bits per heavy atom. The number of hydrazone groups is 1. The van der Waals surface area contributed by atoms with Crippen LogP contribution in [0.25, 0.3) is 0 Å². The minimum atomic E-state index is -0.543. The third-order valence-corrected chi connectivity index (χ3v) is 8.85. The van der Waals surface area contributed by atoms with Crippen molar-refractivity contribution in [1.82, 2.24) is 5.17 Å². The Kier molecular flexibility index (Phi) is 35.0. The van der Waals surface area contributed by atoms with Crippen LogP contribution in [-0.2, 0) is 9.59 Å². The Hall–Kier alpha value is -1.19. The Morgan fingerprint density at radius 1 is 0.452 bits per heavy atom. The van der Waals surface area contributed by atoms with Gasteiger partial charge in [-0.05, 0) is 6.42 Å². The number of hydrogen-bond acceptors (Lipinski definition) is 4. The smallest absolute Gasteiger partial charge is 0.269 e. The Labute approximate surface area is 262 Å². The average molecular weight is 593 g/mol. The van der Waals surface area contributed by atoms with Gasteiger partial charge in [-0.1, -0.05) is 223 Å². The van der Waals surface area contributed by atoms with E-state index in [9.17, 15) is 9.59 Å². The van der Waals surface area contributed by atoms with Gasteiger partial charge in [-0.15, -0.1) is 0 Å². The molecule has 0 bridgehead atoms. The molecular weight excluding hydrogens is 520 g/mol. The maximum atomic E-state index is 11.4. The third kappa shape index (κ3) is 33.3. The highest BCUT2D eigenvalue weighted by Gasteiger charge is 2.08. The van der Waals surface area contributed by atoms with E-state index < -0.39 is 5.91 Å². The third-order valence-electron chi connectivity index (χ3n) is 8.85. The van der Waals surface area contributed by atoms with Crippen LogP contribution in [0, 0.1) is 0 Å². The van der Waals surface area contributed by atoms with Crippen LogP contribution in [-0.4, -0.2) is 22.4 Å². The molecule has 0 radical (unpaired) electrons. The number of carbonyl (C=O) groups excluding carboxylic acids is 2. The fraction of sp³-hybridized carbons (Fsp3) is 0.946. The summed E-state index contributed by atoms with van der Waals surface area (Å²) in [6, 6.07) is 0. The average Bonchev–Trinajstić information content (AvgIpc) is 2.99. The number of nitrogens with zero attached hydrogens (tertiary/aromatic N) is 2. The van der Waals surface area contributed by atoms with Crippen LogP contribution in [0.5, 0.6) is 0 Å². The first-order valence-electron chi connectivity index (χ1n) is 18.8. The van der Waals surface area contributed by atoms with Gasteiger partial charge in [0.25, 0.3) is 12.0 Å². The van der Waals surface area contributed by atoms with E-state index in [4.69, 9.17) is 5.21 Å². The molecule has 0 aliphatic carbocycles. The zero-order valence-electron chi connectivity index (χ0n) is 28.2. The summed E-state index contributed by atoms with van der Waals surface area (Å²) in [5.41, 5.74) is 0. The number of isocyanates is 1. The predicted molar refractivity (Wildman–Crippen MR) is 179 cm³/mol. The number of amides is 1. The van der Waals surface area contributed by atoms with Gasteiger partial charge < -0.3 is 0 Å². The van der Waals surface area contributed by atoms with Gasteiger partial charge in [-0.2, -0.15) is 0 Å². The lowest BCUT2D eigenvalue weighted by atomic mass is 10.0. The standard InChI is InChI=1S/C37H72N2O3/c1-2-3-4-5-6-7-8-9-10-11-12-13-14-15-16-17-18-19-20-21-22-23-24-25-26-27-28-29-30-31-32-33-34-35-37(41)39(42)38-36-40/h42H,2-35H2,1H3. The fourth-order valence-corrected chi connectivity index (χ4v) is 6.02. The van der Waals surface area contributed by atoms with Crippen LogP contribution in [0.15, 0.2) is 5.10 Å². The van der Waals surface area contributed by atoms with Crippen LogP contribution in [0.4, 0.5) is 0 Å². The van der Waals surface area contributed by atoms with Gasteiger partial charge in [0, 0.05) is 6.42 Å². The van der Waals surface area contributed by atoms with Gasteiger partial charge in [0.05, 0.1) is 0 Å². The quantitative estimate of drug-likeness (QED) is 0.0261. The molecule has 0 aromatic carbocycles. The molecule has 5 heteroatoms. The maximum absolute atomic E-state index is 11.4. The summed E-state index contributed by atoms with van der Waals surface area (Å²) in [6.07, 6.45) is 46.9. The van der Waals surface area contributed by atoms with Crippen molar-refractivity contribution >= 4 is 12.0 Å². The first-order chi connectivity index (χ1) is 20.7. The second-order valence-corrected chi connectivity index (χ2v) is 12.9. The van der Waals surface area contributed by atoms with Gasteiger partial charge in [0.2, 0.25) is 0 Å². The van der Waals surface area contributed by atoms with Crippen LogP contribution < -0.4 is 0 Å². The van der Waals surface area contributed by atoms with E-state index in [0.29, 0.717) is 0 Å². The maximum Gasteiger partial charge on any atom is 0.269 e. The number of carbonyl (C=O) groups is 1. The molecule has 0 saturated heterocycles. The first kappa shape index (κ1) is 40.8. The molecule has 42 heavy (non-hydrogen) atoms. The number of hydrogen-bond donors (Lipinski definition) is 1. The van der Waals surface area contributed by atoms with Gasteiger partial charge in [-0.3, -0.25) is 10.0 Å². The molecule has 0 saturated carbocycles. The molecule has 5 nitrogen and oxygen atoms in total. The van der Waals surface area contributed by atoms with E-state index in [-0.39, 0.29) is 11.6 Å². The highest BCUT2D eigenvalue weighted by Crippen LogP contribution is 2.17. The zero-order chi connectivity index (χ0) is 30.6. The summed E-state index contributed by atoms with van der Waals surface area (Å²) in [5, 5.41) is 12.1. The van der Waals surface area contributed by atoms with Gasteiger partial charge in [-0.25, -0.2) is 4.79 Å². The monoisotopic (exact) mass is 593 g/mol. The molecule has 0 fully saturated rings. The van der Waals surface area contributed by atoms with Crippen LogP contribution in [0.3, 0.4) is 0 Å². The molecule has 0 atom stereocenters. The fourth-order valence-electron chi connectivity index (χ4n) is 6.02. The Balaban J connectivity index is 3.10. The molecule has 0 aromatic rings. The summed E-state index contributed by atoms with van der Waals surface area (Å²) in [7, 11) is 0. The molecule has 1 N–H and O–H groups in total. The number of rotatable bonds is 35. The summed E-state index contributed by atoms with van der Waals surface area (Å²) in [4.78, 5) is 21.4. The van der Waals surface area contributed by atoms with Crippen molar-refractivity contribution in [2.24, 2.45) is 5.10 Å². The second kappa shape index (κ2) is 36.0. The molecule has 0 aromatic heterocycles. The Bertz CT molecular complexity index is 592. The van der Waals surface area contributed by atoms with E-state index in [1.807, 2.05) is 0 Å². The van der Waals surface area contributed by atoms with E-state index in [0.717, 1.165) is 25.3 Å². The molecule has 0 aliphatic heterocycles. The summed E-state index contributed by atoms with van der Waals surface area (Å²) in [6.45, 7) is 2.30. The van der Waals surface area contributed by atoms with E-state index in [1.165, 1.54) is 193 Å².